The number of aliphatic carboxylic acids is 1. The molecule has 100 valence electrons. The normalized spacial score (nSPS) is 10.7. The van der Waals surface area contributed by atoms with Gasteiger partial charge in [0.2, 0.25) is 0 Å². The van der Waals surface area contributed by atoms with Gasteiger partial charge in [-0.25, -0.2) is 15.5 Å². The number of carboxylic acids is 1. The standard InChI is InChI=1S/C12H13N3O4/c1-7-4-11(15-19-18)8(2)3-10(7)14-6-9(5-13)12(16)17/h3-4,6,14-15,18H,1-2H3,(H,16,17)/b9-6-. The van der Waals surface area contributed by atoms with Crippen LogP contribution in [-0.4, -0.2) is 16.3 Å². The molecule has 7 nitrogen and oxygen atoms in total. The van der Waals surface area contributed by atoms with E-state index in [1.54, 1.807) is 32.0 Å². The van der Waals surface area contributed by atoms with E-state index < -0.39 is 11.5 Å². The van der Waals surface area contributed by atoms with Gasteiger partial charge in [0.15, 0.2) is 5.57 Å². The number of hydrogen-bond donors (Lipinski definition) is 4. The van der Waals surface area contributed by atoms with Gasteiger partial charge in [-0.15, -0.1) is 4.99 Å². The van der Waals surface area contributed by atoms with Crippen LogP contribution in [0.1, 0.15) is 11.1 Å². The van der Waals surface area contributed by atoms with Gasteiger partial charge in [0.05, 0.1) is 5.69 Å². The van der Waals surface area contributed by atoms with Gasteiger partial charge in [-0.2, -0.15) is 5.26 Å². The summed E-state index contributed by atoms with van der Waals surface area (Å²) in [6, 6.07) is 5.00. The Labute approximate surface area is 109 Å². The monoisotopic (exact) mass is 263 g/mol. The molecule has 0 aliphatic rings. The van der Waals surface area contributed by atoms with Crippen LogP contribution in [0.25, 0.3) is 0 Å². The van der Waals surface area contributed by atoms with Crippen LogP contribution in [0.5, 0.6) is 0 Å². The Bertz CT molecular complexity index is 561. The summed E-state index contributed by atoms with van der Waals surface area (Å²) in [4.78, 5) is 14.5. The summed E-state index contributed by atoms with van der Waals surface area (Å²) in [7, 11) is 0. The Morgan fingerprint density at radius 2 is 1.95 bits per heavy atom. The summed E-state index contributed by atoms with van der Waals surface area (Å²) in [5.74, 6) is -1.30. The molecule has 0 fully saturated rings. The van der Waals surface area contributed by atoms with Crippen molar-refractivity contribution >= 4 is 17.3 Å². The number of nitrogens with one attached hydrogen (secondary N) is 2. The molecule has 0 spiro atoms. The summed E-state index contributed by atoms with van der Waals surface area (Å²) >= 11 is 0. The number of carbonyl (C=O) groups is 1. The van der Waals surface area contributed by atoms with Crippen molar-refractivity contribution in [1.82, 2.24) is 0 Å². The second-order valence-corrected chi connectivity index (χ2v) is 3.79. The maximum absolute atomic E-state index is 10.7. The summed E-state index contributed by atoms with van der Waals surface area (Å²) in [6.07, 6.45) is 1.12. The van der Waals surface area contributed by atoms with Crippen molar-refractivity contribution in [2.75, 3.05) is 10.8 Å². The molecule has 0 saturated heterocycles. The average molecular weight is 263 g/mol. The third-order valence-electron chi connectivity index (χ3n) is 2.45. The lowest BCUT2D eigenvalue weighted by atomic mass is 10.1. The van der Waals surface area contributed by atoms with Gasteiger partial charge < -0.3 is 10.4 Å². The first kappa shape index (κ1) is 14.5. The van der Waals surface area contributed by atoms with Gasteiger partial charge in [0.1, 0.15) is 6.07 Å². The van der Waals surface area contributed by atoms with Crippen molar-refractivity contribution in [3.05, 3.63) is 35.0 Å². The zero-order valence-electron chi connectivity index (χ0n) is 10.4. The van der Waals surface area contributed by atoms with Crippen LogP contribution >= 0.6 is 0 Å². The molecule has 0 atom stereocenters. The first-order valence-electron chi connectivity index (χ1n) is 5.27. The minimum atomic E-state index is -1.30. The maximum Gasteiger partial charge on any atom is 0.347 e. The first-order chi connectivity index (χ1) is 8.99. The minimum Gasteiger partial charge on any atom is -0.477 e. The van der Waals surface area contributed by atoms with E-state index in [2.05, 4.69) is 15.8 Å². The summed E-state index contributed by atoms with van der Waals surface area (Å²) < 4.78 is 0. The Kier molecular flexibility index (Phi) is 4.88. The second-order valence-electron chi connectivity index (χ2n) is 3.79. The topological polar surface area (TPSA) is 115 Å². The van der Waals surface area contributed by atoms with Crippen molar-refractivity contribution in [3.8, 4) is 6.07 Å². The van der Waals surface area contributed by atoms with E-state index in [-0.39, 0.29) is 0 Å². The molecule has 0 bridgehead atoms. The van der Waals surface area contributed by atoms with Crippen molar-refractivity contribution in [2.45, 2.75) is 13.8 Å². The predicted octanol–water partition coefficient (Wildman–Crippen LogP) is 2.02. The summed E-state index contributed by atoms with van der Waals surface area (Å²) in [5.41, 5.74) is 4.69. The number of benzene rings is 1. The number of nitriles is 1. The highest BCUT2D eigenvalue weighted by Crippen LogP contribution is 2.24. The highest BCUT2D eigenvalue weighted by molar-refractivity contribution is 5.91. The van der Waals surface area contributed by atoms with E-state index in [4.69, 9.17) is 15.6 Å². The molecule has 0 amide bonds. The van der Waals surface area contributed by atoms with Gasteiger partial charge >= 0.3 is 5.97 Å². The van der Waals surface area contributed by atoms with Crippen molar-refractivity contribution in [2.24, 2.45) is 0 Å². The largest absolute Gasteiger partial charge is 0.477 e. The fourth-order valence-electron chi connectivity index (χ4n) is 1.42. The van der Waals surface area contributed by atoms with Gasteiger partial charge in [0.25, 0.3) is 0 Å². The number of hydrogen-bond acceptors (Lipinski definition) is 6. The van der Waals surface area contributed by atoms with Crippen LogP contribution in [0.3, 0.4) is 0 Å². The quantitative estimate of drug-likeness (QED) is 0.278. The van der Waals surface area contributed by atoms with Gasteiger partial charge in [0, 0.05) is 11.9 Å². The molecule has 7 heteroatoms. The number of anilines is 2. The lowest BCUT2D eigenvalue weighted by molar-refractivity contribution is -0.215. The second kappa shape index (κ2) is 6.39. The van der Waals surface area contributed by atoms with Crippen molar-refractivity contribution < 1.29 is 20.1 Å². The third-order valence-corrected chi connectivity index (χ3v) is 2.45. The number of carboxylic acid groups (broad SMARTS) is 1. The van der Waals surface area contributed by atoms with Gasteiger partial charge in [-0.3, -0.25) is 0 Å². The molecule has 1 aromatic carbocycles. The van der Waals surface area contributed by atoms with Crippen LogP contribution in [-0.2, 0) is 9.78 Å². The van der Waals surface area contributed by atoms with E-state index in [1.807, 2.05) is 0 Å². The first-order valence-corrected chi connectivity index (χ1v) is 5.27. The molecule has 4 N–H and O–H groups in total. The zero-order valence-corrected chi connectivity index (χ0v) is 10.4. The van der Waals surface area contributed by atoms with E-state index in [9.17, 15) is 4.79 Å². The molecular formula is C12H13N3O4. The Hall–Kier alpha value is -2.56. The fourth-order valence-corrected chi connectivity index (χ4v) is 1.42. The molecular weight excluding hydrogens is 250 g/mol. The third kappa shape index (κ3) is 3.70. The Morgan fingerprint density at radius 3 is 2.47 bits per heavy atom. The maximum atomic E-state index is 10.7. The van der Waals surface area contributed by atoms with Gasteiger partial charge in [-0.05, 0) is 37.1 Å². The Balaban J connectivity index is 3.01. The lowest BCUT2D eigenvalue weighted by Gasteiger charge is -2.11. The molecule has 0 radical (unpaired) electrons. The van der Waals surface area contributed by atoms with Gasteiger partial charge in [-0.1, -0.05) is 0 Å². The van der Waals surface area contributed by atoms with E-state index in [1.165, 1.54) is 0 Å². The summed E-state index contributed by atoms with van der Waals surface area (Å²) in [6.45, 7) is 3.56. The highest BCUT2D eigenvalue weighted by Gasteiger charge is 2.07. The summed E-state index contributed by atoms with van der Waals surface area (Å²) in [5, 5.41) is 28.4. The van der Waals surface area contributed by atoms with Crippen molar-refractivity contribution in [1.29, 1.82) is 5.26 Å². The molecule has 0 unspecified atom stereocenters. The molecule has 1 rings (SSSR count). The SMILES string of the molecule is Cc1cc(NOO)c(C)cc1N/C=C(/C#N)C(=O)O. The molecule has 0 aliphatic heterocycles. The minimum absolute atomic E-state index is 0.391. The van der Waals surface area contributed by atoms with Crippen LogP contribution in [0.4, 0.5) is 11.4 Å². The van der Waals surface area contributed by atoms with E-state index in [0.717, 1.165) is 17.3 Å². The van der Waals surface area contributed by atoms with E-state index >= 15 is 0 Å². The Morgan fingerprint density at radius 1 is 1.37 bits per heavy atom. The predicted molar refractivity (Wildman–Crippen MR) is 68.2 cm³/mol. The number of rotatable bonds is 5. The molecule has 0 heterocycles. The fraction of sp³-hybridized carbons (Fsp3) is 0.167. The molecule has 0 saturated carbocycles. The number of aryl methyl sites for hydroxylation is 2. The number of nitrogens with zero attached hydrogens (tertiary/aromatic N) is 1. The van der Waals surface area contributed by atoms with Crippen LogP contribution < -0.4 is 10.8 Å². The zero-order chi connectivity index (χ0) is 14.4. The lowest BCUT2D eigenvalue weighted by Crippen LogP contribution is -2.03. The molecule has 1 aromatic rings. The average Bonchev–Trinajstić information content (AvgIpc) is 2.35. The van der Waals surface area contributed by atoms with Crippen molar-refractivity contribution in [3.63, 3.8) is 0 Å². The smallest absolute Gasteiger partial charge is 0.347 e. The van der Waals surface area contributed by atoms with Crippen LogP contribution in [0, 0.1) is 25.2 Å². The molecule has 0 aromatic heterocycles. The highest BCUT2D eigenvalue weighted by atomic mass is 17.2. The molecule has 0 aliphatic carbocycles. The van der Waals surface area contributed by atoms with E-state index in [0.29, 0.717) is 11.4 Å². The van der Waals surface area contributed by atoms with Crippen LogP contribution in [0.15, 0.2) is 23.9 Å². The molecule has 19 heavy (non-hydrogen) atoms. The van der Waals surface area contributed by atoms with Crippen LogP contribution in [0.2, 0.25) is 0 Å².